The summed E-state index contributed by atoms with van der Waals surface area (Å²) in [5.74, 6) is 0.0294. The summed E-state index contributed by atoms with van der Waals surface area (Å²) in [6.07, 6.45) is 2.44. The molecule has 9 heteroatoms. The van der Waals surface area contributed by atoms with Crippen molar-refractivity contribution in [1.82, 2.24) is 0 Å². The number of hydrogen-bond acceptors (Lipinski definition) is 5. The lowest BCUT2D eigenvalue weighted by Gasteiger charge is -2.23. The number of rotatable bonds is 12. The highest BCUT2D eigenvalue weighted by molar-refractivity contribution is 7.46. The standard InChI is InChI=1S/C26H31N2O6P/c1-26(27,19-33-35(30,31)32)25(29)28-22-13-16-23(17-14-22)34-24(18-21-10-6-3-7-11-21)15-12-20-8-4-2-5-9-20/h2-11,13-14,16-17,24H,12,15,18-19,27H2,1H3,(H,28,29)(H2,30,31,32)/t24-,26?/m0/s1. The zero-order valence-corrected chi connectivity index (χ0v) is 20.4. The Morgan fingerprint density at radius 1 is 0.971 bits per heavy atom. The lowest BCUT2D eigenvalue weighted by Crippen LogP contribution is -2.52. The molecule has 35 heavy (non-hydrogen) atoms. The molecule has 3 rings (SSSR count). The summed E-state index contributed by atoms with van der Waals surface area (Å²) >= 11 is 0. The maximum Gasteiger partial charge on any atom is 0.469 e. The minimum atomic E-state index is -4.73. The Hall–Kier alpha value is -3.00. The third kappa shape index (κ3) is 9.28. The third-order valence-electron chi connectivity index (χ3n) is 5.37. The summed E-state index contributed by atoms with van der Waals surface area (Å²) < 4.78 is 21.6. The van der Waals surface area contributed by atoms with Crippen LogP contribution in [0.5, 0.6) is 5.75 Å². The van der Waals surface area contributed by atoms with Crippen LogP contribution in [-0.2, 0) is 26.7 Å². The van der Waals surface area contributed by atoms with E-state index in [2.05, 4.69) is 34.1 Å². The zero-order chi connectivity index (χ0) is 25.3. The Labute approximate surface area is 205 Å². The summed E-state index contributed by atoms with van der Waals surface area (Å²) in [6, 6.07) is 27.3. The largest absolute Gasteiger partial charge is 0.490 e. The van der Waals surface area contributed by atoms with Crippen LogP contribution in [0.1, 0.15) is 24.5 Å². The van der Waals surface area contributed by atoms with Crippen LogP contribution in [0.2, 0.25) is 0 Å². The normalized spacial score (nSPS) is 14.1. The predicted octanol–water partition coefficient (Wildman–Crippen LogP) is 4.07. The maximum absolute atomic E-state index is 12.4. The van der Waals surface area contributed by atoms with Crippen LogP contribution in [0.4, 0.5) is 5.69 Å². The summed E-state index contributed by atoms with van der Waals surface area (Å²) in [5, 5.41) is 2.63. The molecule has 0 fully saturated rings. The number of hydrogen-bond donors (Lipinski definition) is 4. The first-order chi connectivity index (χ1) is 16.6. The SMILES string of the molecule is CC(N)(COP(=O)(O)O)C(=O)Nc1ccc(O[C@@H](CCc2ccccc2)Cc2ccccc2)cc1. The number of nitrogens with one attached hydrogen (secondary N) is 1. The van der Waals surface area contributed by atoms with Gasteiger partial charge in [0.1, 0.15) is 17.4 Å². The molecule has 0 aliphatic rings. The molecular weight excluding hydrogens is 467 g/mol. The second-order valence-corrected chi connectivity index (χ2v) is 9.85. The third-order valence-corrected chi connectivity index (χ3v) is 5.84. The molecular formula is C26H31N2O6P. The maximum atomic E-state index is 12.4. The average Bonchev–Trinajstić information content (AvgIpc) is 2.83. The van der Waals surface area contributed by atoms with Gasteiger partial charge >= 0.3 is 7.82 Å². The number of amides is 1. The van der Waals surface area contributed by atoms with E-state index in [1.807, 2.05) is 36.4 Å². The van der Waals surface area contributed by atoms with E-state index in [0.29, 0.717) is 11.4 Å². The van der Waals surface area contributed by atoms with Gasteiger partial charge in [-0.1, -0.05) is 60.7 Å². The Bertz CT molecular complexity index is 1120. The first-order valence-corrected chi connectivity index (χ1v) is 12.8. The molecule has 3 aromatic rings. The molecule has 0 bridgehead atoms. The van der Waals surface area contributed by atoms with Gasteiger partial charge in [-0.25, -0.2) is 4.57 Å². The summed E-state index contributed by atoms with van der Waals surface area (Å²) in [6.45, 7) is 0.698. The van der Waals surface area contributed by atoms with Gasteiger partial charge < -0.3 is 25.6 Å². The molecule has 2 atom stereocenters. The van der Waals surface area contributed by atoms with Crippen molar-refractivity contribution >= 4 is 19.4 Å². The van der Waals surface area contributed by atoms with Gasteiger partial charge in [-0.2, -0.15) is 0 Å². The van der Waals surface area contributed by atoms with E-state index < -0.39 is 25.9 Å². The van der Waals surface area contributed by atoms with Crippen molar-refractivity contribution in [1.29, 1.82) is 0 Å². The fraction of sp³-hybridized carbons (Fsp3) is 0.269. The van der Waals surface area contributed by atoms with E-state index in [-0.39, 0.29) is 6.10 Å². The quantitative estimate of drug-likeness (QED) is 0.277. The molecule has 3 aromatic carbocycles. The van der Waals surface area contributed by atoms with E-state index in [0.717, 1.165) is 19.3 Å². The fourth-order valence-corrected chi connectivity index (χ4v) is 3.86. The van der Waals surface area contributed by atoms with E-state index in [4.69, 9.17) is 20.3 Å². The molecule has 1 amide bonds. The summed E-state index contributed by atoms with van der Waals surface area (Å²) in [4.78, 5) is 30.1. The van der Waals surface area contributed by atoms with Gasteiger partial charge in [0.05, 0.1) is 6.61 Å². The summed E-state index contributed by atoms with van der Waals surface area (Å²) in [5.41, 5.74) is 7.14. The van der Waals surface area contributed by atoms with Crippen LogP contribution in [0.15, 0.2) is 84.9 Å². The minimum absolute atomic E-state index is 0.0461. The topological polar surface area (TPSA) is 131 Å². The van der Waals surface area contributed by atoms with E-state index >= 15 is 0 Å². The van der Waals surface area contributed by atoms with Gasteiger partial charge in [-0.15, -0.1) is 0 Å². The lowest BCUT2D eigenvalue weighted by atomic mass is 10.0. The molecule has 1 unspecified atom stereocenters. The molecule has 0 aliphatic heterocycles. The van der Waals surface area contributed by atoms with Crippen LogP contribution in [0.25, 0.3) is 0 Å². The van der Waals surface area contributed by atoms with Gasteiger partial charge in [0, 0.05) is 12.1 Å². The number of ether oxygens (including phenoxy) is 1. The van der Waals surface area contributed by atoms with Crippen molar-refractivity contribution in [3.8, 4) is 5.75 Å². The highest BCUT2D eigenvalue weighted by Gasteiger charge is 2.32. The average molecular weight is 499 g/mol. The van der Waals surface area contributed by atoms with Gasteiger partial charge in [-0.3, -0.25) is 9.32 Å². The van der Waals surface area contributed by atoms with Gasteiger partial charge in [0.25, 0.3) is 0 Å². The van der Waals surface area contributed by atoms with Crippen LogP contribution in [0, 0.1) is 0 Å². The Balaban J connectivity index is 1.62. The number of phosphoric acid groups is 1. The first-order valence-electron chi connectivity index (χ1n) is 11.3. The highest BCUT2D eigenvalue weighted by atomic mass is 31.2. The first kappa shape index (κ1) is 26.6. The van der Waals surface area contributed by atoms with E-state index in [9.17, 15) is 9.36 Å². The molecule has 0 spiro atoms. The number of anilines is 1. The molecule has 8 nitrogen and oxygen atoms in total. The predicted molar refractivity (Wildman–Crippen MR) is 135 cm³/mol. The lowest BCUT2D eigenvalue weighted by molar-refractivity contribution is -0.121. The zero-order valence-electron chi connectivity index (χ0n) is 19.5. The number of carbonyl (C=O) groups is 1. The minimum Gasteiger partial charge on any atom is -0.490 e. The number of aryl methyl sites for hydroxylation is 1. The molecule has 5 N–H and O–H groups in total. The van der Waals surface area contributed by atoms with Crippen molar-refractivity contribution in [3.05, 3.63) is 96.1 Å². The number of carbonyl (C=O) groups excluding carboxylic acids is 1. The van der Waals surface area contributed by atoms with Crippen molar-refractivity contribution < 1.29 is 28.4 Å². The number of phosphoric ester groups is 1. The van der Waals surface area contributed by atoms with E-state index in [1.165, 1.54) is 18.1 Å². The second-order valence-electron chi connectivity index (χ2n) is 8.61. The Kier molecular flexibility index (Phi) is 9.20. The van der Waals surface area contributed by atoms with Crippen molar-refractivity contribution in [2.24, 2.45) is 5.73 Å². The van der Waals surface area contributed by atoms with Crippen LogP contribution >= 0.6 is 7.82 Å². The second kappa shape index (κ2) is 12.1. The van der Waals surface area contributed by atoms with Crippen LogP contribution < -0.4 is 15.8 Å². The van der Waals surface area contributed by atoms with E-state index in [1.54, 1.807) is 24.3 Å². The number of benzene rings is 3. The smallest absolute Gasteiger partial charge is 0.469 e. The van der Waals surface area contributed by atoms with Crippen molar-refractivity contribution in [3.63, 3.8) is 0 Å². The van der Waals surface area contributed by atoms with Gasteiger partial charge in [0.15, 0.2) is 0 Å². The van der Waals surface area contributed by atoms with Crippen LogP contribution in [0.3, 0.4) is 0 Å². The van der Waals surface area contributed by atoms with Gasteiger partial charge in [0.2, 0.25) is 5.91 Å². The van der Waals surface area contributed by atoms with Gasteiger partial charge in [-0.05, 0) is 55.2 Å². The monoisotopic (exact) mass is 498 g/mol. The molecule has 0 aliphatic carbocycles. The molecule has 0 aromatic heterocycles. The molecule has 0 radical (unpaired) electrons. The highest BCUT2D eigenvalue weighted by Crippen LogP contribution is 2.36. The Morgan fingerprint density at radius 2 is 1.54 bits per heavy atom. The summed E-state index contributed by atoms with van der Waals surface area (Å²) in [7, 11) is -4.73. The molecule has 0 saturated carbocycles. The molecule has 186 valence electrons. The van der Waals surface area contributed by atoms with Crippen LogP contribution in [-0.4, -0.2) is 33.9 Å². The fourth-order valence-electron chi connectivity index (χ4n) is 3.42. The van der Waals surface area contributed by atoms with Crippen molar-refractivity contribution in [2.45, 2.75) is 37.8 Å². The Morgan fingerprint density at radius 3 is 2.11 bits per heavy atom. The number of nitrogens with two attached hydrogens (primary N) is 1. The van der Waals surface area contributed by atoms with Crippen molar-refractivity contribution in [2.75, 3.05) is 11.9 Å². The molecule has 0 heterocycles. The molecule has 0 saturated heterocycles.